The van der Waals surface area contributed by atoms with Crippen molar-refractivity contribution in [3.05, 3.63) is 90.2 Å². The molecular weight excluding hydrogens is 334 g/mol. The van der Waals surface area contributed by atoms with E-state index in [-0.39, 0.29) is 0 Å². The van der Waals surface area contributed by atoms with Gasteiger partial charge in [-0.25, -0.2) is 0 Å². The molecule has 0 radical (unpaired) electrons. The molecule has 3 nitrogen and oxygen atoms in total. The molecule has 0 saturated carbocycles. The van der Waals surface area contributed by atoms with Crippen molar-refractivity contribution in [3.63, 3.8) is 0 Å². The van der Waals surface area contributed by atoms with Crippen molar-refractivity contribution >= 4 is 17.3 Å². The second-order valence-corrected chi connectivity index (χ2v) is 6.82. The Hall–Kier alpha value is -3.46. The lowest BCUT2D eigenvalue weighted by molar-refractivity contribution is 0.454. The van der Waals surface area contributed by atoms with Crippen molar-refractivity contribution in [2.45, 2.75) is 13.8 Å². The zero-order chi connectivity index (χ0) is 18.4. The maximum absolute atomic E-state index is 6.14. The molecule has 27 heavy (non-hydrogen) atoms. The number of benzene rings is 3. The van der Waals surface area contributed by atoms with Gasteiger partial charge >= 0.3 is 0 Å². The Morgan fingerprint density at radius 1 is 0.704 bits per heavy atom. The highest BCUT2D eigenvalue weighted by atomic mass is 16.5. The smallest absolute Gasteiger partial charge is 0.248 e. The third-order valence-corrected chi connectivity index (χ3v) is 4.81. The zero-order valence-corrected chi connectivity index (χ0v) is 15.3. The summed E-state index contributed by atoms with van der Waals surface area (Å²) in [7, 11) is 0. The SMILES string of the molecule is Cc1ccc2c(c1)Oc1cc(C)oc1N2c1ccccc1-c1ccccc1. The van der Waals surface area contributed by atoms with Crippen molar-refractivity contribution in [1.82, 2.24) is 0 Å². The number of aryl methyl sites for hydroxylation is 2. The number of hydrogen-bond donors (Lipinski definition) is 0. The summed E-state index contributed by atoms with van der Waals surface area (Å²) in [6.45, 7) is 4.01. The molecule has 0 unspecified atom stereocenters. The van der Waals surface area contributed by atoms with Crippen LogP contribution in [-0.2, 0) is 0 Å². The first-order valence-corrected chi connectivity index (χ1v) is 9.04. The van der Waals surface area contributed by atoms with Crippen LogP contribution in [-0.4, -0.2) is 0 Å². The minimum absolute atomic E-state index is 0.715. The van der Waals surface area contributed by atoms with Crippen molar-refractivity contribution in [1.29, 1.82) is 0 Å². The van der Waals surface area contributed by atoms with E-state index < -0.39 is 0 Å². The maximum atomic E-state index is 6.14. The molecule has 0 atom stereocenters. The normalized spacial score (nSPS) is 12.3. The fourth-order valence-corrected chi connectivity index (χ4v) is 3.59. The first-order valence-electron chi connectivity index (χ1n) is 9.04. The lowest BCUT2D eigenvalue weighted by Gasteiger charge is -2.31. The van der Waals surface area contributed by atoms with Crippen LogP contribution >= 0.6 is 0 Å². The Kier molecular flexibility index (Phi) is 3.54. The molecule has 3 heteroatoms. The Bertz CT molecular complexity index is 1130. The first-order chi connectivity index (χ1) is 13.2. The number of ether oxygens (including phenoxy) is 1. The second kappa shape index (κ2) is 6.06. The molecule has 0 N–H and O–H groups in total. The number of nitrogens with zero attached hydrogens (tertiary/aromatic N) is 1. The van der Waals surface area contributed by atoms with E-state index in [0.717, 1.165) is 45.3 Å². The van der Waals surface area contributed by atoms with Crippen molar-refractivity contribution in [2.75, 3.05) is 4.90 Å². The summed E-state index contributed by atoms with van der Waals surface area (Å²) in [6.07, 6.45) is 0. The molecule has 0 fully saturated rings. The second-order valence-electron chi connectivity index (χ2n) is 6.82. The van der Waals surface area contributed by atoms with E-state index in [1.54, 1.807) is 0 Å². The molecule has 3 aromatic carbocycles. The van der Waals surface area contributed by atoms with Gasteiger partial charge in [0.05, 0.1) is 11.4 Å². The van der Waals surface area contributed by atoms with Crippen LogP contribution in [0.15, 0.2) is 83.3 Å². The van der Waals surface area contributed by atoms with Gasteiger partial charge in [-0.1, -0.05) is 54.6 Å². The highest BCUT2D eigenvalue weighted by molar-refractivity contribution is 5.91. The zero-order valence-electron chi connectivity index (χ0n) is 15.3. The van der Waals surface area contributed by atoms with Gasteiger partial charge in [0.2, 0.25) is 5.88 Å². The molecule has 132 valence electrons. The standard InChI is InChI=1S/C24H19NO2/c1-16-12-13-21-22(14-16)27-23-15-17(2)26-24(23)25(21)20-11-7-6-10-19(20)18-8-4-3-5-9-18/h3-15H,1-2H3. The first kappa shape index (κ1) is 15.8. The van der Waals surface area contributed by atoms with Crippen LogP contribution in [0.3, 0.4) is 0 Å². The summed E-state index contributed by atoms with van der Waals surface area (Å²) in [6, 6.07) is 27.0. The molecule has 4 aromatic rings. The molecule has 0 amide bonds. The minimum Gasteiger partial charge on any atom is -0.449 e. The van der Waals surface area contributed by atoms with Crippen LogP contribution in [0.2, 0.25) is 0 Å². The Morgan fingerprint density at radius 3 is 2.33 bits per heavy atom. The summed E-state index contributed by atoms with van der Waals surface area (Å²) < 4.78 is 12.2. The largest absolute Gasteiger partial charge is 0.449 e. The quantitative estimate of drug-likeness (QED) is 0.337. The summed E-state index contributed by atoms with van der Waals surface area (Å²) in [4.78, 5) is 2.16. The van der Waals surface area contributed by atoms with E-state index in [9.17, 15) is 0 Å². The van der Waals surface area contributed by atoms with E-state index in [1.165, 1.54) is 0 Å². The number of rotatable bonds is 2. The van der Waals surface area contributed by atoms with Gasteiger partial charge < -0.3 is 9.15 Å². The molecule has 0 bridgehead atoms. The number of hydrogen-bond acceptors (Lipinski definition) is 3. The van der Waals surface area contributed by atoms with E-state index in [0.29, 0.717) is 5.88 Å². The van der Waals surface area contributed by atoms with Gasteiger partial charge in [-0.05, 0) is 43.2 Å². The molecule has 0 spiro atoms. The molecular formula is C24H19NO2. The fourth-order valence-electron chi connectivity index (χ4n) is 3.59. The predicted molar refractivity (Wildman–Crippen MR) is 108 cm³/mol. The minimum atomic E-state index is 0.715. The van der Waals surface area contributed by atoms with Crippen molar-refractivity contribution in [3.8, 4) is 22.6 Å². The summed E-state index contributed by atoms with van der Waals surface area (Å²) >= 11 is 0. The van der Waals surface area contributed by atoms with Crippen LogP contribution in [0.5, 0.6) is 11.5 Å². The molecule has 5 rings (SSSR count). The van der Waals surface area contributed by atoms with Gasteiger partial charge in [0.15, 0.2) is 11.5 Å². The monoisotopic (exact) mass is 353 g/mol. The number of anilines is 3. The molecule has 1 aliphatic heterocycles. The lowest BCUT2D eigenvalue weighted by atomic mass is 10.0. The molecule has 0 saturated heterocycles. The molecule has 1 aliphatic rings. The number of fused-ring (bicyclic) bond motifs is 2. The number of para-hydroxylation sites is 1. The van der Waals surface area contributed by atoms with Crippen molar-refractivity contribution in [2.24, 2.45) is 0 Å². The van der Waals surface area contributed by atoms with Gasteiger partial charge in [0.1, 0.15) is 5.76 Å². The predicted octanol–water partition coefficient (Wildman–Crippen LogP) is 7.14. The number of furan rings is 1. The van der Waals surface area contributed by atoms with Gasteiger partial charge in [-0.15, -0.1) is 0 Å². The van der Waals surface area contributed by atoms with Gasteiger partial charge in [0.25, 0.3) is 0 Å². The third-order valence-electron chi connectivity index (χ3n) is 4.81. The Morgan fingerprint density at radius 2 is 1.48 bits per heavy atom. The van der Waals surface area contributed by atoms with Crippen molar-refractivity contribution < 1.29 is 9.15 Å². The van der Waals surface area contributed by atoms with Gasteiger partial charge in [-0.3, -0.25) is 4.90 Å². The molecule has 0 aliphatic carbocycles. The lowest BCUT2D eigenvalue weighted by Crippen LogP contribution is -2.15. The van der Waals surface area contributed by atoms with Crippen LogP contribution in [0.1, 0.15) is 11.3 Å². The third kappa shape index (κ3) is 2.59. The highest BCUT2D eigenvalue weighted by Gasteiger charge is 2.31. The fraction of sp³-hybridized carbons (Fsp3) is 0.0833. The highest BCUT2D eigenvalue weighted by Crippen LogP contribution is 2.53. The van der Waals surface area contributed by atoms with E-state index >= 15 is 0 Å². The summed E-state index contributed by atoms with van der Waals surface area (Å²) in [5, 5.41) is 0. The summed E-state index contributed by atoms with van der Waals surface area (Å²) in [5.74, 6) is 3.12. The Balaban J connectivity index is 1.77. The van der Waals surface area contributed by atoms with E-state index in [2.05, 4.69) is 78.6 Å². The van der Waals surface area contributed by atoms with Gasteiger partial charge in [-0.2, -0.15) is 0 Å². The van der Waals surface area contributed by atoms with Gasteiger partial charge in [0, 0.05) is 11.6 Å². The van der Waals surface area contributed by atoms with E-state index in [4.69, 9.17) is 9.15 Å². The van der Waals surface area contributed by atoms with Crippen LogP contribution in [0.4, 0.5) is 17.3 Å². The summed E-state index contributed by atoms with van der Waals surface area (Å²) in [5.41, 5.74) is 5.51. The maximum Gasteiger partial charge on any atom is 0.248 e. The van der Waals surface area contributed by atoms with E-state index in [1.807, 2.05) is 19.1 Å². The Labute approximate surface area is 158 Å². The molecule has 1 aromatic heterocycles. The van der Waals surface area contributed by atoms with Crippen LogP contribution in [0.25, 0.3) is 11.1 Å². The average molecular weight is 353 g/mol. The molecule has 2 heterocycles. The van der Waals surface area contributed by atoms with Crippen LogP contribution < -0.4 is 9.64 Å². The topological polar surface area (TPSA) is 25.6 Å². The van der Waals surface area contributed by atoms with Crippen LogP contribution in [0, 0.1) is 13.8 Å². The average Bonchev–Trinajstić information content (AvgIpc) is 3.06.